The van der Waals surface area contributed by atoms with Gasteiger partial charge in [-0.25, -0.2) is 5.43 Å². The summed E-state index contributed by atoms with van der Waals surface area (Å²) in [7, 11) is 0. The molecule has 1 heterocycles. The van der Waals surface area contributed by atoms with Crippen LogP contribution in [0.3, 0.4) is 0 Å². The number of nitrogens with one attached hydrogen (secondary N) is 2. The first-order valence-electron chi connectivity index (χ1n) is 6.53. The molecule has 1 amide bonds. The minimum Gasteiger partial charge on any atom is -0.507 e. The number of phenols is 1. The minimum atomic E-state index is -0.471. The van der Waals surface area contributed by atoms with Gasteiger partial charge in [0, 0.05) is 27.1 Å². The van der Waals surface area contributed by atoms with Gasteiger partial charge in [0.1, 0.15) is 5.75 Å². The third kappa shape index (κ3) is 2.87. The maximum atomic E-state index is 12.0. The van der Waals surface area contributed by atoms with E-state index in [1.54, 1.807) is 12.3 Å². The largest absolute Gasteiger partial charge is 0.507 e. The first kappa shape index (κ1) is 14.3. The van der Waals surface area contributed by atoms with Crippen LogP contribution in [0.4, 0.5) is 0 Å². The van der Waals surface area contributed by atoms with Crippen molar-refractivity contribution in [1.82, 2.24) is 10.4 Å². The number of aromatic nitrogens is 1. The number of hydrogen-bond acceptors (Lipinski definition) is 3. The SMILES string of the molecule is O=C(N/N=C\c1c[nH]c2ccccc12)c1ccc(Br)cc1O. The number of aromatic hydroxyl groups is 1. The monoisotopic (exact) mass is 357 g/mol. The second-order valence-corrected chi connectivity index (χ2v) is 5.57. The molecule has 3 N–H and O–H groups in total. The second kappa shape index (κ2) is 6.03. The Morgan fingerprint density at radius 3 is 2.91 bits per heavy atom. The summed E-state index contributed by atoms with van der Waals surface area (Å²) in [6, 6.07) is 12.5. The highest BCUT2D eigenvalue weighted by atomic mass is 79.9. The maximum Gasteiger partial charge on any atom is 0.275 e. The maximum absolute atomic E-state index is 12.0. The molecule has 3 aromatic rings. The van der Waals surface area contributed by atoms with E-state index in [1.165, 1.54) is 12.1 Å². The molecule has 6 heteroatoms. The van der Waals surface area contributed by atoms with Crippen molar-refractivity contribution in [3.05, 3.63) is 64.3 Å². The number of benzene rings is 2. The Balaban J connectivity index is 1.75. The molecule has 0 unspecified atom stereocenters. The summed E-state index contributed by atoms with van der Waals surface area (Å²) in [4.78, 5) is 15.1. The van der Waals surface area contributed by atoms with Crippen LogP contribution in [0.1, 0.15) is 15.9 Å². The molecular weight excluding hydrogens is 346 g/mol. The number of halogens is 1. The van der Waals surface area contributed by atoms with Gasteiger partial charge in [-0.1, -0.05) is 34.1 Å². The Hall–Kier alpha value is -2.60. The molecule has 110 valence electrons. The van der Waals surface area contributed by atoms with Crippen LogP contribution in [0.5, 0.6) is 5.75 Å². The first-order valence-corrected chi connectivity index (χ1v) is 7.32. The number of hydrazone groups is 1. The Morgan fingerprint density at radius 1 is 1.27 bits per heavy atom. The summed E-state index contributed by atoms with van der Waals surface area (Å²) < 4.78 is 0.698. The van der Waals surface area contributed by atoms with Gasteiger partial charge in [0.2, 0.25) is 0 Å². The van der Waals surface area contributed by atoms with Crippen molar-refractivity contribution < 1.29 is 9.90 Å². The van der Waals surface area contributed by atoms with E-state index in [0.29, 0.717) is 4.47 Å². The van der Waals surface area contributed by atoms with E-state index in [9.17, 15) is 9.90 Å². The molecule has 0 aliphatic carbocycles. The molecule has 0 atom stereocenters. The number of amides is 1. The molecule has 0 bridgehead atoms. The van der Waals surface area contributed by atoms with Crippen molar-refractivity contribution in [3.63, 3.8) is 0 Å². The number of rotatable bonds is 3. The highest BCUT2D eigenvalue weighted by Gasteiger charge is 2.10. The highest BCUT2D eigenvalue weighted by molar-refractivity contribution is 9.10. The van der Waals surface area contributed by atoms with E-state index >= 15 is 0 Å². The lowest BCUT2D eigenvalue weighted by molar-refractivity contribution is 0.0952. The molecule has 0 fully saturated rings. The number of hydrogen-bond donors (Lipinski definition) is 3. The molecule has 22 heavy (non-hydrogen) atoms. The molecule has 0 radical (unpaired) electrons. The normalized spacial score (nSPS) is 11.1. The molecule has 5 nitrogen and oxygen atoms in total. The zero-order valence-corrected chi connectivity index (χ0v) is 13.0. The Labute approximate surface area is 134 Å². The van der Waals surface area contributed by atoms with Gasteiger partial charge in [0.05, 0.1) is 11.8 Å². The van der Waals surface area contributed by atoms with E-state index in [0.717, 1.165) is 16.5 Å². The van der Waals surface area contributed by atoms with Gasteiger partial charge in [0.15, 0.2) is 0 Å². The average Bonchev–Trinajstić information content (AvgIpc) is 2.90. The quantitative estimate of drug-likeness (QED) is 0.496. The van der Waals surface area contributed by atoms with Gasteiger partial charge >= 0.3 is 0 Å². The summed E-state index contributed by atoms with van der Waals surface area (Å²) in [5, 5.41) is 14.7. The van der Waals surface area contributed by atoms with Crippen LogP contribution >= 0.6 is 15.9 Å². The van der Waals surface area contributed by atoms with Crippen molar-refractivity contribution in [1.29, 1.82) is 0 Å². The Morgan fingerprint density at radius 2 is 2.09 bits per heavy atom. The van der Waals surface area contributed by atoms with Gasteiger partial charge in [-0.05, 0) is 24.3 Å². The lowest BCUT2D eigenvalue weighted by atomic mass is 10.2. The van der Waals surface area contributed by atoms with E-state index in [1.807, 2.05) is 30.5 Å². The van der Waals surface area contributed by atoms with Gasteiger partial charge < -0.3 is 10.1 Å². The molecule has 1 aromatic heterocycles. The number of carbonyl (C=O) groups is 1. The summed E-state index contributed by atoms with van der Waals surface area (Å²) in [5.41, 5.74) is 4.44. The number of aromatic amines is 1. The van der Waals surface area contributed by atoms with Crippen LogP contribution in [-0.2, 0) is 0 Å². The van der Waals surface area contributed by atoms with Crippen molar-refractivity contribution in [3.8, 4) is 5.75 Å². The van der Waals surface area contributed by atoms with Crippen molar-refractivity contribution in [2.45, 2.75) is 0 Å². The lowest BCUT2D eigenvalue weighted by Gasteiger charge is -2.03. The fourth-order valence-electron chi connectivity index (χ4n) is 2.12. The Bertz CT molecular complexity index is 871. The number of fused-ring (bicyclic) bond motifs is 1. The van der Waals surface area contributed by atoms with E-state index in [-0.39, 0.29) is 11.3 Å². The predicted octanol–water partition coefficient (Wildman–Crippen LogP) is 3.40. The van der Waals surface area contributed by atoms with Crippen LogP contribution in [0.2, 0.25) is 0 Å². The summed E-state index contributed by atoms with van der Waals surface area (Å²) in [5.74, 6) is -0.574. The number of para-hydroxylation sites is 1. The molecule has 0 spiro atoms. The van der Waals surface area contributed by atoms with Crippen LogP contribution < -0.4 is 5.43 Å². The van der Waals surface area contributed by atoms with Crippen molar-refractivity contribution >= 4 is 39.0 Å². The lowest BCUT2D eigenvalue weighted by Crippen LogP contribution is -2.17. The fourth-order valence-corrected chi connectivity index (χ4v) is 2.47. The number of carbonyl (C=O) groups excluding carboxylic acids is 1. The van der Waals surface area contributed by atoms with E-state index in [2.05, 4.69) is 31.4 Å². The molecule has 0 saturated carbocycles. The molecule has 3 rings (SSSR count). The summed E-state index contributed by atoms with van der Waals surface area (Å²) in [6.45, 7) is 0. The van der Waals surface area contributed by atoms with E-state index in [4.69, 9.17) is 0 Å². The standard InChI is InChI=1S/C16H12BrN3O2/c17-11-5-6-13(15(21)7-11)16(22)20-19-9-10-8-18-14-4-2-1-3-12(10)14/h1-9,18,21H,(H,20,22)/b19-9-. The van der Waals surface area contributed by atoms with Crippen LogP contribution in [0, 0.1) is 0 Å². The van der Waals surface area contributed by atoms with E-state index < -0.39 is 5.91 Å². The second-order valence-electron chi connectivity index (χ2n) is 4.65. The van der Waals surface area contributed by atoms with Crippen molar-refractivity contribution in [2.75, 3.05) is 0 Å². The van der Waals surface area contributed by atoms with Crippen LogP contribution in [-0.4, -0.2) is 22.2 Å². The smallest absolute Gasteiger partial charge is 0.275 e. The topological polar surface area (TPSA) is 77.5 Å². The Kier molecular flexibility index (Phi) is 3.93. The molecule has 0 aliphatic rings. The zero-order valence-electron chi connectivity index (χ0n) is 11.4. The third-order valence-corrected chi connectivity index (χ3v) is 3.69. The molecular formula is C16H12BrN3O2. The predicted molar refractivity (Wildman–Crippen MR) is 89.2 cm³/mol. The summed E-state index contributed by atoms with van der Waals surface area (Å²) >= 11 is 3.22. The molecule has 0 aliphatic heterocycles. The van der Waals surface area contributed by atoms with Gasteiger partial charge in [-0.3, -0.25) is 4.79 Å². The van der Waals surface area contributed by atoms with Gasteiger partial charge in [-0.15, -0.1) is 0 Å². The van der Waals surface area contributed by atoms with Gasteiger partial charge in [0.25, 0.3) is 5.91 Å². The minimum absolute atomic E-state index is 0.103. The number of nitrogens with zero attached hydrogens (tertiary/aromatic N) is 1. The molecule has 0 saturated heterocycles. The summed E-state index contributed by atoms with van der Waals surface area (Å²) in [6.07, 6.45) is 3.38. The first-order chi connectivity index (χ1) is 10.6. The highest BCUT2D eigenvalue weighted by Crippen LogP contribution is 2.22. The number of H-pyrrole nitrogens is 1. The van der Waals surface area contributed by atoms with Crippen LogP contribution in [0.25, 0.3) is 10.9 Å². The average molecular weight is 358 g/mol. The van der Waals surface area contributed by atoms with Crippen LogP contribution in [0.15, 0.2) is 58.2 Å². The molecule has 2 aromatic carbocycles. The van der Waals surface area contributed by atoms with Gasteiger partial charge in [-0.2, -0.15) is 5.10 Å². The third-order valence-electron chi connectivity index (χ3n) is 3.20. The fraction of sp³-hybridized carbons (Fsp3) is 0. The van der Waals surface area contributed by atoms with Crippen molar-refractivity contribution in [2.24, 2.45) is 5.10 Å². The zero-order chi connectivity index (χ0) is 15.5. The number of phenolic OH excluding ortho intramolecular Hbond substituents is 1.